The van der Waals surface area contributed by atoms with Gasteiger partial charge < -0.3 is 15.5 Å². The summed E-state index contributed by atoms with van der Waals surface area (Å²) in [5, 5.41) is 5.83. The molecule has 1 unspecified atom stereocenters. The number of Topliss-reactive ketones (excluding diaryl/α,β-unsaturated/α-hetero) is 3. The van der Waals surface area contributed by atoms with Crippen molar-refractivity contribution in [2.75, 3.05) is 25.4 Å². The molecule has 0 bridgehead atoms. The highest BCUT2D eigenvalue weighted by atomic mass is 32.2. The predicted molar refractivity (Wildman–Crippen MR) is 189 cm³/mol. The number of urea groups is 1. The second kappa shape index (κ2) is 16.3. The molecule has 0 aromatic rings. The number of hydrogen-bond acceptors (Lipinski definition) is 7. The zero-order valence-electron chi connectivity index (χ0n) is 31.2. The molecule has 0 spiro atoms. The van der Waals surface area contributed by atoms with Crippen LogP contribution in [0, 0.1) is 34.5 Å². The van der Waals surface area contributed by atoms with Crippen LogP contribution in [0.25, 0.3) is 0 Å². The van der Waals surface area contributed by atoms with Crippen molar-refractivity contribution in [2.45, 2.75) is 130 Å². The van der Waals surface area contributed by atoms with Gasteiger partial charge in [0.2, 0.25) is 21.7 Å². The lowest BCUT2D eigenvalue weighted by atomic mass is 9.82. The molecule has 3 amide bonds. The number of nitrogens with one attached hydrogen (secondary N) is 2. The number of halogens is 3. The molecular weight excluding hydrogens is 701 g/mol. The topological polar surface area (TPSA) is 150 Å². The molecule has 2 saturated heterocycles. The van der Waals surface area contributed by atoms with Crippen LogP contribution in [-0.4, -0.2) is 96.6 Å². The lowest BCUT2D eigenvalue weighted by Gasteiger charge is -2.38. The fraction of sp³-hybridized carbons (Fsp3) is 0.811. The normalized spacial score (nSPS) is 26.2. The van der Waals surface area contributed by atoms with Gasteiger partial charge in [0, 0.05) is 50.9 Å². The summed E-state index contributed by atoms with van der Waals surface area (Å²) < 4.78 is 66.4. The first-order valence-electron chi connectivity index (χ1n) is 18.7. The Bertz CT molecular complexity index is 1490. The van der Waals surface area contributed by atoms with E-state index in [0.717, 1.165) is 19.3 Å². The highest BCUT2D eigenvalue weighted by Crippen LogP contribution is 2.65. The summed E-state index contributed by atoms with van der Waals surface area (Å²) in [5.41, 5.74) is -0.865. The molecule has 11 nitrogen and oxygen atoms in total. The van der Waals surface area contributed by atoms with Crippen LogP contribution < -0.4 is 10.6 Å². The Hall–Kier alpha value is -2.81. The SMILES string of the molecule is C=CCCC(=O)C(=O)C(CCC(F)(F)F)CC(=O)[C@@H]1[C@@H]2[C@H](CN1C(=O)[C@@H](NC(=O)N[C@H](CN1CCCS1(=O)=O)C(C)(C)C)C1CCCCC1)C2(C)C. The maximum atomic E-state index is 14.6. The minimum Gasteiger partial charge on any atom is -0.334 e. The van der Waals surface area contributed by atoms with Crippen LogP contribution in [0.2, 0.25) is 0 Å². The van der Waals surface area contributed by atoms with Crippen LogP contribution in [0.4, 0.5) is 18.0 Å². The van der Waals surface area contributed by atoms with Gasteiger partial charge in [-0.3, -0.25) is 19.2 Å². The number of alkyl halides is 3. The van der Waals surface area contributed by atoms with E-state index in [-0.39, 0.29) is 54.9 Å². The van der Waals surface area contributed by atoms with Crippen LogP contribution >= 0.6 is 0 Å². The first kappa shape index (κ1) is 41.9. The minimum atomic E-state index is -4.60. The predicted octanol–water partition coefficient (Wildman–Crippen LogP) is 5.19. The number of piperidine rings is 1. The van der Waals surface area contributed by atoms with Crippen molar-refractivity contribution in [3.05, 3.63) is 12.7 Å². The molecule has 0 aromatic carbocycles. The molecule has 294 valence electrons. The molecule has 0 radical (unpaired) electrons. The molecule has 2 aliphatic carbocycles. The van der Waals surface area contributed by atoms with E-state index >= 15 is 0 Å². The second-order valence-corrected chi connectivity index (χ2v) is 19.1. The van der Waals surface area contributed by atoms with Crippen molar-refractivity contribution in [2.24, 2.45) is 34.5 Å². The fourth-order valence-electron chi connectivity index (χ4n) is 8.50. The van der Waals surface area contributed by atoms with Gasteiger partial charge in [-0.1, -0.05) is 60.0 Å². The Kier molecular flexibility index (Phi) is 13.1. The lowest BCUT2D eigenvalue weighted by molar-refractivity contribution is -0.148. The third kappa shape index (κ3) is 10.0. The molecule has 4 fully saturated rings. The lowest BCUT2D eigenvalue weighted by Crippen LogP contribution is -2.60. The van der Waals surface area contributed by atoms with Gasteiger partial charge in [0.1, 0.15) is 6.04 Å². The summed E-state index contributed by atoms with van der Waals surface area (Å²) >= 11 is 0. The highest BCUT2D eigenvalue weighted by Gasteiger charge is 2.69. The standard InChI is InChI=1S/C37H57F3N4O7S/c1-7-8-15-26(45)32(47)24(16-17-37(38,39)40)20-27(46)31-29-25(36(29,5)6)21-44(31)33(48)30(23-13-10-9-11-14-23)42-34(49)41-28(35(2,3)4)22-43-18-12-19-52(43,50)51/h7,23-25,28-31H,1,8-22H2,2-6H3,(H2,41,42,49)/t24?,25-,28+,29-,30-,31+/m0/s1. The number of allylic oxidation sites excluding steroid dienone is 1. The molecule has 6 atom stereocenters. The van der Waals surface area contributed by atoms with Crippen LogP contribution in [0.15, 0.2) is 12.7 Å². The number of carbonyl (C=O) groups excluding carboxylic acids is 5. The number of amides is 3. The van der Waals surface area contributed by atoms with Gasteiger partial charge in [0.05, 0.1) is 11.8 Å². The largest absolute Gasteiger partial charge is 0.389 e. The van der Waals surface area contributed by atoms with E-state index < -0.39 is 94.2 Å². The Balaban J connectivity index is 1.57. The zero-order valence-corrected chi connectivity index (χ0v) is 32.0. The number of nitrogens with zero attached hydrogens (tertiary/aromatic N) is 2. The van der Waals surface area contributed by atoms with Gasteiger partial charge in [0.15, 0.2) is 11.6 Å². The number of sulfonamides is 1. The molecular formula is C37H57F3N4O7S. The molecule has 2 N–H and O–H groups in total. The number of ketones is 3. The van der Waals surface area contributed by atoms with Crippen molar-refractivity contribution in [1.29, 1.82) is 0 Å². The van der Waals surface area contributed by atoms with Crippen LogP contribution in [0.3, 0.4) is 0 Å². The molecule has 2 heterocycles. The molecule has 52 heavy (non-hydrogen) atoms. The Morgan fingerprint density at radius 2 is 1.65 bits per heavy atom. The molecule has 4 rings (SSSR count). The van der Waals surface area contributed by atoms with E-state index in [2.05, 4.69) is 17.2 Å². The van der Waals surface area contributed by atoms with E-state index in [1.54, 1.807) is 0 Å². The summed E-state index contributed by atoms with van der Waals surface area (Å²) in [6.45, 7) is 13.8. The van der Waals surface area contributed by atoms with Crippen molar-refractivity contribution >= 4 is 39.3 Å². The van der Waals surface area contributed by atoms with Gasteiger partial charge in [-0.15, -0.1) is 6.58 Å². The number of hydrogen-bond donors (Lipinski definition) is 2. The van der Waals surface area contributed by atoms with Crippen molar-refractivity contribution in [3.8, 4) is 0 Å². The monoisotopic (exact) mass is 758 g/mol. The average molecular weight is 759 g/mol. The smallest absolute Gasteiger partial charge is 0.334 e. The zero-order chi connectivity index (χ0) is 38.8. The van der Waals surface area contributed by atoms with Crippen molar-refractivity contribution in [1.82, 2.24) is 19.8 Å². The van der Waals surface area contributed by atoms with Crippen LogP contribution in [0.5, 0.6) is 0 Å². The van der Waals surface area contributed by atoms with Gasteiger partial charge in [-0.05, 0) is 60.7 Å². The Morgan fingerprint density at radius 1 is 1.00 bits per heavy atom. The molecule has 4 aliphatic rings. The summed E-state index contributed by atoms with van der Waals surface area (Å²) in [5.74, 6) is -4.90. The van der Waals surface area contributed by atoms with E-state index in [1.165, 1.54) is 15.3 Å². The van der Waals surface area contributed by atoms with E-state index in [9.17, 15) is 45.6 Å². The summed E-state index contributed by atoms with van der Waals surface area (Å²) in [7, 11) is -3.43. The number of rotatable bonds is 16. The Labute approximate surface area is 306 Å². The van der Waals surface area contributed by atoms with Gasteiger partial charge >= 0.3 is 12.2 Å². The van der Waals surface area contributed by atoms with Crippen molar-refractivity contribution < 1.29 is 45.6 Å². The van der Waals surface area contributed by atoms with Crippen LogP contribution in [-0.2, 0) is 29.2 Å². The molecule has 2 saturated carbocycles. The number of fused-ring (bicyclic) bond motifs is 1. The first-order valence-corrected chi connectivity index (χ1v) is 20.3. The number of carbonyl (C=O) groups is 5. The van der Waals surface area contributed by atoms with E-state index in [0.29, 0.717) is 25.8 Å². The summed E-state index contributed by atoms with van der Waals surface area (Å²) in [6, 6.07) is -3.24. The summed E-state index contributed by atoms with van der Waals surface area (Å²) in [6.07, 6.45) is -1.37. The van der Waals surface area contributed by atoms with Crippen molar-refractivity contribution in [3.63, 3.8) is 0 Å². The van der Waals surface area contributed by atoms with Gasteiger partial charge in [0.25, 0.3) is 0 Å². The Morgan fingerprint density at radius 3 is 2.21 bits per heavy atom. The fourth-order valence-corrected chi connectivity index (χ4v) is 10.0. The van der Waals surface area contributed by atoms with E-state index in [4.69, 9.17) is 0 Å². The molecule has 0 aromatic heterocycles. The maximum Gasteiger partial charge on any atom is 0.389 e. The quantitative estimate of drug-likeness (QED) is 0.163. The average Bonchev–Trinajstić information content (AvgIpc) is 3.34. The number of likely N-dealkylation sites (tertiary alicyclic amines) is 1. The van der Waals surface area contributed by atoms with Crippen LogP contribution in [0.1, 0.15) is 105 Å². The third-order valence-electron chi connectivity index (χ3n) is 11.9. The second-order valence-electron chi connectivity index (χ2n) is 17.0. The maximum absolute atomic E-state index is 14.6. The van der Waals surface area contributed by atoms with Gasteiger partial charge in [-0.25, -0.2) is 13.2 Å². The van der Waals surface area contributed by atoms with E-state index in [1.807, 2.05) is 34.6 Å². The minimum absolute atomic E-state index is 0.0473. The first-order chi connectivity index (χ1) is 24.1. The van der Waals surface area contributed by atoms with Gasteiger partial charge in [-0.2, -0.15) is 17.5 Å². The molecule has 2 aliphatic heterocycles. The molecule has 15 heteroatoms. The third-order valence-corrected chi connectivity index (χ3v) is 13.8. The summed E-state index contributed by atoms with van der Waals surface area (Å²) in [4.78, 5) is 69.6. The highest BCUT2D eigenvalue weighted by molar-refractivity contribution is 7.89.